The van der Waals surface area contributed by atoms with Gasteiger partial charge < -0.3 is 5.73 Å². The number of nitrogens with two attached hydrogens (primary N) is 1. The Balaban J connectivity index is 2.34. The molecule has 15 heavy (non-hydrogen) atoms. The van der Waals surface area contributed by atoms with E-state index >= 15 is 0 Å². The fourth-order valence-electron chi connectivity index (χ4n) is 2.27. The molecule has 0 unspecified atom stereocenters. The summed E-state index contributed by atoms with van der Waals surface area (Å²) in [6.07, 6.45) is 3.08. The van der Waals surface area contributed by atoms with Gasteiger partial charge in [-0.2, -0.15) is 5.26 Å². The van der Waals surface area contributed by atoms with Gasteiger partial charge in [0.15, 0.2) is 0 Å². The fraction of sp³-hybridized carbons (Fsp3) is 0.417. The van der Waals surface area contributed by atoms with Crippen LogP contribution in [0.4, 0.5) is 0 Å². The van der Waals surface area contributed by atoms with Crippen molar-refractivity contribution in [3.8, 4) is 6.07 Å². The third-order valence-electron chi connectivity index (χ3n) is 3.05. The van der Waals surface area contributed by atoms with Crippen molar-refractivity contribution in [2.24, 2.45) is 5.73 Å². The summed E-state index contributed by atoms with van der Waals surface area (Å²) in [4.78, 5) is 0. The van der Waals surface area contributed by atoms with Crippen LogP contribution in [-0.4, -0.2) is 6.04 Å². The molecule has 0 spiro atoms. The molecule has 1 fully saturated rings. The summed E-state index contributed by atoms with van der Waals surface area (Å²) in [7, 11) is 0. The van der Waals surface area contributed by atoms with Crippen LogP contribution in [0.3, 0.4) is 0 Å². The highest BCUT2D eigenvalue weighted by Crippen LogP contribution is 2.36. The van der Waals surface area contributed by atoms with Gasteiger partial charge >= 0.3 is 0 Å². The molecule has 2 N–H and O–H groups in total. The maximum atomic E-state index is 9.01. The zero-order valence-corrected chi connectivity index (χ0v) is 9.17. The molecule has 0 radical (unpaired) electrons. The van der Waals surface area contributed by atoms with Gasteiger partial charge in [-0.15, -0.1) is 0 Å². The third-order valence-corrected chi connectivity index (χ3v) is 3.28. The maximum Gasteiger partial charge on any atom is 0.0994 e. The van der Waals surface area contributed by atoms with Gasteiger partial charge in [0.25, 0.3) is 0 Å². The van der Waals surface area contributed by atoms with Crippen molar-refractivity contribution >= 4 is 11.6 Å². The molecule has 1 aromatic carbocycles. The summed E-state index contributed by atoms with van der Waals surface area (Å²) < 4.78 is 0. The van der Waals surface area contributed by atoms with E-state index in [0.29, 0.717) is 10.9 Å². The molecule has 2 atom stereocenters. The average Bonchev–Trinajstić information content (AvgIpc) is 2.65. The Hall–Kier alpha value is -1.04. The Morgan fingerprint density at radius 1 is 1.40 bits per heavy atom. The Kier molecular flexibility index (Phi) is 2.95. The first-order valence-corrected chi connectivity index (χ1v) is 5.53. The van der Waals surface area contributed by atoms with Crippen molar-refractivity contribution in [3.63, 3.8) is 0 Å². The van der Waals surface area contributed by atoms with E-state index in [0.717, 1.165) is 30.4 Å². The number of hydrogen-bond donors (Lipinski definition) is 1. The van der Waals surface area contributed by atoms with E-state index in [1.807, 2.05) is 6.07 Å². The number of nitrogens with zero attached hydrogens (tertiary/aromatic N) is 1. The van der Waals surface area contributed by atoms with Crippen LogP contribution in [0.25, 0.3) is 0 Å². The van der Waals surface area contributed by atoms with Gasteiger partial charge in [-0.1, -0.05) is 11.6 Å². The summed E-state index contributed by atoms with van der Waals surface area (Å²) in [5, 5.41) is 9.71. The minimum atomic E-state index is 0.278. The van der Waals surface area contributed by atoms with Gasteiger partial charge in [0.2, 0.25) is 0 Å². The molecule has 1 saturated carbocycles. The van der Waals surface area contributed by atoms with Crippen LogP contribution in [0.5, 0.6) is 0 Å². The Labute approximate surface area is 94.7 Å². The van der Waals surface area contributed by atoms with Gasteiger partial charge in [-0.3, -0.25) is 0 Å². The second kappa shape index (κ2) is 4.22. The number of halogens is 1. The summed E-state index contributed by atoms with van der Waals surface area (Å²) >= 11 is 5.95. The smallest absolute Gasteiger partial charge is 0.0994 e. The monoisotopic (exact) mass is 220 g/mol. The van der Waals surface area contributed by atoms with Crippen LogP contribution in [0.15, 0.2) is 18.2 Å². The van der Waals surface area contributed by atoms with Crippen LogP contribution >= 0.6 is 11.6 Å². The van der Waals surface area contributed by atoms with Gasteiger partial charge in [0.1, 0.15) is 0 Å². The van der Waals surface area contributed by atoms with Crippen LogP contribution < -0.4 is 5.73 Å². The molecule has 0 heterocycles. The lowest BCUT2D eigenvalue weighted by Crippen LogP contribution is -2.14. The summed E-state index contributed by atoms with van der Waals surface area (Å²) in [5.74, 6) is 0.411. The van der Waals surface area contributed by atoms with Crippen LogP contribution in [0.1, 0.15) is 36.3 Å². The molecule has 2 rings (SSSR count). The molecular weight excluding hydrogens is 208 g/mol. The highest BCUT2D eigenvalue weighted by molar-refractivity contribution is 6.30. The zero-order valence-electron chi connectivity index (χ0n) is 8.41. The lowest BCUT2D eigenvalue weighted by Gasteiger charge is -2.12. The largest absolute Gasteiger partial charge is 0.328 e. The quantitative estimate of drug-likeness (QED) is 0.791. The fourth-order valence-corrected chi connectivity index (χ4v) is 2.45. The van der Waals surface area contributed by atoms with Crippen molar-refractivity contribution in [2.45, 2.75) is 31.2 Å². The molecule has 1 aliphatic carbocycles. The van der Waals surface area contributed by atoms with Crippen molar-refractivity contribution in [1.29, 1.82) is 5.26 Å². The Bertz CT molecular complexity index is 409. The standard InChI is InChI=1S/C12H13ClN2/c13-10-3-1-9(7-14)12(6-10)8-2-4-11(15)5-8/h1,3,6,8,11H,2,4-5,15H2/t8-,11+/m0/s1. The van der Waals surface area contributed by atoms with Crippen LogP contribution in [-0.2, 0) is 0 Å². The minimum Gasteiger partial charge on any atom is -0.328 e. The molecule has 0 aromatic heterocycles. The summed E-state index contributed by atoms with van der Waals surface area (Å²) in [6, 6.07) is 7.95. The number of benzene rings is 1. The van der Waals surface area contributed by atoms with E-state index in [-0.39, 0.29) is 6.04 Å². The van der Waals surface area contributed by atoms with Gasteiger partial charge in [-0.25, -0.2) is 0 Å². The summed E-state index contributed by atoms with van der Waals surface area (Å²) in [5.41, 5.74) is 7.68. The molecule has 2 nitrogen and oxygen atoms in total. The number of hydrogen-bond acceptors (Lipinski definition) is 2. The lowest BCUT2D eigenvalue weighted by molar-refractivity contribution is 0.674. The van der Waals surface area contributed by atoms with Gasteiger partial charge in [0, 0.05) is 11.1 Å². The number of nitriles is 1. The molecule has 0 aliphatic heterocycles. The third kappa shape index (κ3) is 2.14. The molecule has 78 valence electrons. The molecule has 3 heteroatoms. The predicted octanol–water partition coefficient (Wildman–Crippen LogP) is 2.81. The molecule has 0 bridgehead atoms. The molecule has 0 amide bonds. The Morgan fingerprint density at radius 2 is 2.20 bits per heavy atom. The molecule has 1 aliphatic rings. The first kappa shape index (κ1) is 10.5. The topological polar surface area (TPSA) is 49.8 Å². The normalized spacial score (nSPS) is 25.1. The van der Waals surface area contributed by atoms with Crippen molar-refractivity contribution in [2.75, 3.05) is 0 Å². The lowest BCUT2D eigenvalue weighted by atomic mass is 9.93. The maximum absolute atomic E-state index is 9.01. The summed E-state index contributed by atoms with van der Waals surface area (Å²) in [6.45, 7) is 0. The van der Waals surface area contributed by atoms with Gasteiger partial charge in [-0.05, 0) is 48.9 Å². The second-order valence-corrected chi connectivity index (χ2v) is 4.55. The van der Waals surface area contributed by atoms with E-state index < -0.39 is 0 Å². The highest BCUT2D eigenvalue weighted by atomic mass is 35.5. The second-order valence-electron chi connectivity index (χ2n) is 4.11. The SMILES string of the molecule is N#Cc1ccc(Cl)cc1[C@H]1CC[C@@H](N)C1. The van der Waals surface area contributed by atoms with Crippen molar-refractivity contribution in [3.05, 3.63) is 34.3 Å². The predicted molar refractivity (Wildman–Crippen MR) is 60.7 cm³/mol. The number of rotatable bonds is 1. The average molecular weight is 221 g/mol. The Morgan fingerprint density at radius 3 is 2.80 bits per heavy atom. The first-order chi connectivity index (χ1) is 7.20. The first-order valence-electron chi connectivity index (χ1n) is 5.16. The van der Waals surface area contributed by atoms with E-state index in [9.17, 15) is 0 Å². The minimum absolute atomic E-state index is 0.278. The van der Waals surface area contributed by atoms with Gasteiger partial charge in [0.05, 0.1) is 11.6 Å². The molecule has 1 aromatic rings. The van der Waals surface area contributed by atoms with E-state index in [2.05, 4.69) is 6.07 Å². The van der Waals surface area contributed by atoms with Crippen molar-refractivity contribution < 1.29 is 0 Å². The molecular formula is C12H13ClN2. The van der Waals surface area contributed by atoms with Crippen LogP contribution in [0.2, 0.25) is 5.02 Å². The zero-order chi connectivity index (χ0) is 10.8. The van der Waals surface area contributed by atoms with E-state index in [4.69, 9.17) is 22.6 Å². The highest BCUT2D eigenvalue weighted by Gasteiger charge is 2.25. The van der Waals surface area contributed by atoms with E-state index in [1.165, 1.54) is 0 Å². The molecule has 0 saturated heterocycles. The van der Waals surface area contributed by atoms with Crippen LogP contribution in [0, 0.1) is 11.3 Å². The van der Waals surface area contributed by atoms with E-state index in [1.54, 1.807) is 12.1 Å². The van der Waals surface area contributed by atoms with Crippen molar-refractivity contribution in [1.82, 2.24) is 0 Å².